The van der Waals surface area contributed by atoms with Crippen molar-refractivity contribution in [1.29, 1.82) is 0 Å². The molecule has 0 aromatic carbocycles. The number of aliphatic carboxylic acids is 1. The first-order valence-corrected chi connectivity index (χ1v) is 8.60. The van der Waals surface area contributed by atoms with Crippen molar-refractivity contribution in [3.63, 3.8) is 0 Å². The molecular formula is C14H17NO3S2. The molecule has 0 saturated heterocycles. The van der Waals surface area contributed by atoms with Crippen molar-refractivity contribution < 1.29 is 14.7 Å². The number of carbonyl (C=O) groups is 2. The van der Waals surface area contributed by atoms with E-state index >= 15 is 0 Å². The Morgan fingerprint density at radius 3 is 3.00 bits per heavy atom. The normalized spacial score (nSPS) is 22.2. The van der Waals surface area contributed by atoms with Crippen LogP contribution in [0.1, 0.15) is 34.5 Å². The Morgan fingerprint density at radius 1 is 1.50 bits per heavy atom. The Morgan fingerprint density at radius 2 is 2.30 bits per heavy atom. The Labute approximate surface area is 126 Å². The minimum atomic E-state index is -0.988. The van der Waals surface area contributed by atoms with Crippen LogP contribution in [0.4, 0.5) is 0 Å². The lowest BCUT2D eigenvalue weighted by atomic mass is 10.2. The van der Waals surface area contributed by atoms with E-state index in [4.69, 9.17) is 5.11 Å². The molecule has 2 atom stereocenters. The van der Waals surface area contributed by atoms with E-state index in [1.165, 1.54) is 17.4 Å². The van der Waals surface area contributed by atoms with E-state index in [0.29, 0.717) is 10.8 Å². The van der Waals surface area contributed by atoms with Gasteiger partial charge >= 0.3 is 5.97 Å². The average molecular weight is 311 g/mol. The highest BCUT2D eigenvalue weighted by molar-refractivity contribution is 7.99. The minimum absolute atomic E-state index is 0.0674. The third-order valence-corrected chi connectivity index (χ3v) is 5.41. The van der Waals surface area contributed by atoms with E-state index in [2.05, 4.69) is 11.6 Å². The summed E-state index contributed by atoms with van der Waals surface area (Å²) in [7, 11) is 0. The number of carbonyl (C=O) groups excluding carboxylic acids is 1. The molecule has 6 heteroatoms. The molecule has 20 heavy (non-hydrogen) atoms. The summed E-state index contributed by atoms with van der Waals surface area (Å²) in [5.74, 6) is -1.06. The highest BCUT2D eigenvalue weighted by Gasteiger charge is 2.28. The van der Waals surface area contributed by atoms with Crippen molar-refractivity contribution in [2.45, 2.75) is 30.6 Å². The minimum Gasteiger partial charge on any atom is -0.478 e. The largest absolute Gasteiger partial charge is 0.478 e. The van der Waals surface area contributed by atoms with Gasteiger partial charge in [-0.1, -0.05) is 6.42 Å². The molecule has 2 rings (SSSR count). The van der Waals surface area contributed by atoms with Crippen molar-refractivity contribution in [3.05, 3.63) is 28.0 Å². The van der Waals surface area contributed by atoms with Crippen molar-refractivity contribution in [2.75, 3.05) is 6.26 Å². The maximum Gasteiger partial charge on any atom is 0.328 e. The van der Waals surface area contributed by atoms with Crippen LogP contribution in [0, 0.1) is 0 Å². The number of hydrogen-bond donors (Lipinski definition) is 2. The number of thioether (sulfide) groups is 1. The van der Waals surface area contributed by atoms with Gasteiger partial charge < -0.3 is 10.4 Å². The van der Waals surface area contributed by atoms with Gasteiger partial charge in [0.05, 0.1) is 5.56 Å². The average Bonchev–Trinajstić information content (AvgIpc) is 3.04. The molecule has 2 N–H and O–H groups in total. The van der Waals surface area contributed by atoms with Crippen molar-refractivity contribution >= 4 is 41.1 Å². The zero-order valence-electron chi connectivity index (χ0n) is 11.2. The van der Waals surface area contributed by atoms with E-state index < -0.39 is 5.97 Å². The topological polar surface area (TPSA) is 66.4 Å². The third kappa shape index (κ3) is 3.86. The molecule has 4 nitrogen and oxygen atoms in total. The molecular weight excluding hydrogens is 294 g/mol. The van der Waals surface area contributed by atoms with Gasteiger partial charge in [0.1, 0.15) is 0 Å². The Hall–Kier alpha value is -1.27. The summed E-state index contributed by atoms with van der Waals surface area (Å²) in [5.41, 5.74) is 0.604. The molecule has 0 radical (unpaired) electrons. The fraction of sp³-hybridized carbons (Fsp3) is 0.429. The summed E-state index contributed by atoms with van der Waals surface area (Å²) in [6.45, 7) is 0. The van der Waals surface area contributed by atoms with E-state index in [9.17, 15) is 9.59 Å². The number of amides is 1. The van der Waals surface area contributed by atoms with E-state index in [1.807, 2.05) is 0 Å². The second-order valence-corrected chi connectivity index (χ2v) is 6.71. The molecule has 108 valence electrons. The fourth-order valence-corrected chi connectivity index (χ4v) is 4.05. The summed E-state index contributed by atoms with van der Waals surface area (Å²) in [6, 6.07) is 1.97. The molecule has 1 heterocycles. The fourth-order valence-electron chi connectivity index (χ4n) is 2.34. The van der Waals surface area contributed by atoms with Crippen LogP contribution in [-0.2, 0) is 4.79 Å². The predicted octanol–water partition coefficient (Wildman–Crippen LogP) is 2.86. The van der Waals surface area contributed by atoms with Crippen LogP contribution >= 0.6 is 23.1 Å². The molecule has 1 amide bonds. The van der Waals surface area contributed by atoms with Gasteiger partial charge in [-0.05, 0) is 31.2 Å². The Kier molecular flexibility index (Phi) is 5.25. The quantitative estimate of drug-likeness (QED) is 0.821. The maximum absolute atomic E-state index is 12.2. The van der Waals surface area contributed by atoms with Crippen LogP contribution < -0.4 is 5.32 Å². The molecule has 1 aromatic rings. The van der Waals surface area contributed by atoms with Crippen molar-refractivity contribution in [3.8, 4) is 0 Å². The summed E-state index contributed by atoms with van der Waals surface area (Å²) in [6.07, 6.45) is 8.01. The van der Waals surface area contributed by atoms with Crippen LogP contribution in [0.25, 0.3) is 6.08 Å². The van der Waals surface area contributed by atoms with Crippen molar-refractivity contribution in [1.82, 2.24) is 5.32 Å². The van der Waals surface area contributed by atoms with Crippen LogP contribution in [0.15, 0.2) is 17.5 Å². The summed E-state index contributed by atoms with van der Waals surface area (Å²) >= 11 is 3.17. The smallest absolute Gasteiger partial charge is 0.328 e. The molecule has 1 aliphatic rings. The van der Waals surface area contributed by atoms with E-state index in [0.717, 1.165) is 30.2 Å². The van der Waals surface area contributed by atoms with Crippen LogP contribution in [0.5, 0.6) is 0 Å². The summed E-state index contributed by atoms with van der Waals surface area (Å²) in [5, 5.41) is 13.9. The molecule has 1 saturated carbocycles. The van der Waals surface area contributed by atoms with Gasteiger partial charge in [0, 0.05) is 27.6 Å². The highest BCUT2D eigenvalue weighted by Crippen LogP contribution is 2.28. The number of nitrogens with one attached hydrogen (secondary N) is 1. The van der Waals surface area contributed by atoms with Gasteiger partial charge in [-0.25, -0.2) is 4.79 Å². The second-order valence-electron chi connectivity index (χ2n) is 4.69. The Balaban J connectivity index is 1.97. The van der Waals surface area contributed by atoms with Gasteiger partial charge in [0.2, 0.25) is 0 Å². The number of carboxylic acids is 1. The Bertz CT molecular complexity index is 524. The predicted molar refractivity (Wildman–Crippen MR) is 83.4 cm³/mol. The molecule has 1 fully saturated rings. The maximum atomic E-state index is 12.2. The number of carboxylic acid groups (broad SMARTS) is 1. The molecule has 0 bridgehead atoms. The lowest BCUT2D eigenvalue weighted by Crippen LogP contribution is -2.38. The second kappa shape index (κ2) is 6.95. The molecule has 1 aliphatic carbocycles. The molecule has 0 spiro atoms. The molecule has 2 unspecified atom stereocenters. The number of thiophene rings is 1. The first-order chi connectivity index (χ1) is 9.60. The molecule has 1 aromatic heterocycles. The third-order valence-electron chi connectivity index (χ3n) is 3.34. The molecule has 0 aliphatic heterocycles. The monoisotopic (exact) mass is 311 g/mol. The lowest BCUT2D eigenvalue weighted by molar-refractivity contribution is -0.131. The van der Waals surface area contributed by atoms with Gasteiger partial charge in [0.15, 0.2) is 0 Å². The standard InChI is InChI=1S/C14H17NO3S2/c1-19-12-4-2-3-11(12)15-14(18)9-7-10(20-8-9)5-6-13(16)17/h5-8,11-12H,2-4H2,1H3,(H,15,18)(H,16,17)/b6-5+. The first kappa shape index (κ1) is 15.1. The van der Waals surface area contributed by atoms with Crippen LogP contribution in [-0.4, -0.2) is 34.5 Å². The van der Waals surface area contributed by atoms with Crippen LogP contribution in [0.2, 0.25) is 0 Å². The van der Waals surface area contributed by atoms with Gasteiger partial charge in [-0.3, -0.25) is 4.79 Å². The zero-order valence-corrected chi connectivity index (χ0v) is 12.8. The first-order valence-electron chi connectivity index (χ1n) is 6.43. The van der Waals surface area contributed by atoms with E-state index in [-0.39, 0.29) is 11.9 Å². The lowest BCUT2D eigenvalue weighted by Gasteiger charge is -2.18. The van der Waals surface area contributed by atoms with Gasteiger partial charge in [-0.2, -0.15) is 11.8 Å². The zero-order chi connectivity index (χ0) is 14.5. The summed E-state index contributed by atoms with van der Waals surface area (Å²) in [4.78, 5) is 23.4. The van der Waals surface area contributed by atoms with E-state index in [1.54, 1.807) is 23.2 Å². The number of rotatable bonds is 5. The number of hydrogen-bond acceptors (Lipinski definition) is 4. The van der Waals surface area contributed by atoms with Crippen LogP contribution in [0.3, 0.4) is 0 Å². The highest BCUT2D eigenvalue weighted by atomic mass is 32.2. The van der Waals surface area contributed by atoms with Gasteiger partial charge in [-0.15, -0.1) is 11.3 Å². The summed E-state index contributed by atoms with van der Waals surface area (Å²) < 4.78 is 0. The SMILES string of the molecule is CSC1CCCC1NC(=O)c1csc(/C=C/C(=O)O)c1. The van der Waals surface area contributed by atoms with Crippen molar-refractivity contribution in [2.24, 2.45) is 0 Å². The van der Waals surface area contributed by atoms with Gasteiger partial charge in [0.25, 0.3) is 5.91 Å².